The van der Waals surface area contributed by atoms with Crippen LogP contribution >= 0.6 is 11.6 Å². The molecule has 2 aromatic rings. The largest absolute Gasteiger partial charge is 0.378 e. The van der Waals surface area contributed by atoms with Crippen molar-refractivity contribution in [2.75, 3.05) is 20.2 Å². The molecule has 0 radical (unpaired) electrons. The van der Waals surface area contributed by atoms with Crippen LogP contribution in [0.15, 0.2) is 53.0 Å². The number of hydrogen-bond acceptors (Lipinski definition) is 6. The molecular formula is C19H21ClN4O2. The number of methoxy groups -OCH3 is 1. The third-order valence-corrected chi connectivity index (χ3v) is 5.03. The highest BCUT2D eigenvalue weighted by molar-refractivity contribution is 6.30. The summed E-state index contributed by atoms with van der Waals surface area (Å²) in [6, 6.07) is 7.63. The molecule has 0 saturated carbocycles. The molecule has 0 unspecified atom stereocenters. The van der Waals surface area contributed by atoms with Crippen molar-refractivity contribution in [2.45, 2.75) is 19.6 Å². The van der Waals surface area contributed by atoms with Crippen molar-refractivity contribution < 1.29 is 9.26 Å². The van der Waals surface area contributed by atoms with E-state index in [1.165, 1.54) is 0 Å². The molecule has 1 aromatic carbocycles. The maximum atomic E-state index is 5.98. The minimum Gasteiger partial charge on any atom is -0.378 e. The fourth-order valence-electron chi connectivity index (χ4n) is 3.08. The summed E-state index contributed by atoms with van der Waals surface area (Å²) in [5.74, 6) is 0.811. The van der Waals surface area contributed by atoms with Gasteiger partial charge < -0.3 is 19.6 Å². The van der Waals surface area contributed by atoms with Crippen molar-refractivity contribution in [3.63, 3.8) is 0 Å². The Morgan fingerprint density at radius 3 is 2.73 bits per heavy atom. The van der Waals surface area contributed by atoms with E-state index in [-0.39, 0.29) is 0 Å². The lowest BCUT2D eigenvalue weighted by Gasteiger charge is -2.41. The van der Waals surface area contributed by atoms with Crippen molar-refractivity contribution in [3.8, 4) is 11.3 Å². The molecule has 3 heterocycles. The van der Waals surface area contributed by atoms with Gasteiger partial charge in [-0.3, -0.25) is 5.01 Å². The number of benzene rings is 1. The molecule has 136 valence electrons. The molecule has 1 N–H and O–H groups in total. The van der Waals surface area contributed by atoms with Crippen LogP contribution in [-0.2, 0) is 11.3 Å². The molecule has 6 nitrogen and oxygen atoms in total. The average Bonchev–Trinajstić information content (AvgIpc) is 2.97. The topological polar surface area (TPSA) is 53.8 Å². The number of ether oxygens (including phenoxy) is 1. The summed E-state index contributed by atoms with van der Waals surface area (Å²) in [5.41, 5.74) is 7.36. The first-order valence-corrected chi connectivity index (χ1v) is 8.92. The second-order valence-corrected chi connectivity index (χ2v) is 6.91. The predicted molar refractivity (Wildman–Crippen MR) is 100.0 cm³/mol. The molecule has 2 aliphatic heterocycles. The van der Waals surface area contributed by atoms with Gasteiger partial charge in [-0.1, -0.05) is 28.9 Å². The first-order chi connectivity index (χ1) is 12.6. The molecule has 4 rings (SSSR count). The third-order valence-electron chi connectivity index (χ3n) is 4.78. The number of likely N-dealkylation sites (tertiary alicyclic amines) is 1. The Hall–Kier alpha value is -2.44. The van der Waals surface area contributed by atoms with Crippen molar-refractivity contribution in [2.24, 2.45) is 0 Å². The standard InChI is InChI=1S/C19H21ClN4O2/c1-13-18(19(22-26-13)14-3-5-15(20)6-4-14)12-24-8-7-16(9-21-24)23-10-17(11-23)25-2/h3-9,17,21H,10-12H2,1-2H3. The van der Waals surface area contributed by atoms with Gasteiger partial charge in [0.25, 0.3) is 0 Å². The van der Waals surface area contributed by atoms with Crippen molar-refractivity contribution in [1.29, 1.82) is 0 Å². The molecule has 0 amide bonds. The maximum absolute atomic E-state index is 5.98. The van der Waals surface area contributed by atoms with Gasteiger partial charge in [0.05, 0.1) is 18.3 Å². The Labute approximate surface area is 157 Å². The van der Waals surface area contributed by atoms with Crippen LogP contribution in [0, 0.1) is 6.92 Å². The lowest BCUT2D eigenvalue weighted by Crippen LogP contribution is -2.51. The summed E-state index contributed by atoms with van der Waals surface area (Å²) >= 11 is 5.98. The average molecular weight is 373 g/mol. The Bertz CT molecular complexity index is 838. The fraction of sp³-hybridized carbons (Fsp3) is 0.316. The van der Waals surface area contributed by atoms with Gasteiger partial charge in [-0.05, 0) is 25.1 Å². The summed E-state index contributed by atoms with van der Waals surface area (Å²) in [5, 5.41) is 6.94. The van der Waals surface area contributed by atoms with Crippen LogP contribution in [-0.4, -0.2) is 41.4 Å². The zero-order chi connectivity index (χ0) is 18.1. The summed E-state index contributed by atoms with van der Waals surface area (Å²) in [7, 11) is 1.76. The van der Waals surface area contributed by atoms with E-state index in [9.17, 15) is 0 Å². The number of aromatic nitrogens is 1. The van der Waals surface area contributed by atoms with Crippen LogP contribution in [0.25, 0.3) is 11.3 Å². The molecule has 2 aliphatic rings. The number of nitrogens with one attached hydrogen (secondary N) is 1. The van der Waals surface area contributed by atoms with Crippen molar-refractivity contribution >= 4 is 11.6 Å². The highest BCUT2D eigenvalue weighted by Gasteiger charge is 2.28. The van der Waals surface area contributed by atoms with E-state index in [2.05, 4.69) is 21.6 Å². The summed E-state index contributed by atoms with van der Waals surface area (Å²) < 4.78 is 10.8. The van der Waals surface area contributed by atoms with Crippen LogP contribution < -0.4 is 5.43 Å². The van der Waals surface area contributed by atoms with Crippen molar-refractivity contribution in [1.82, 2.24) is 20.5 Å². The van der Waals surface area contributed by atoms with Gasteiger partial charge in [-0.2, -0.15) is 0 Å². The Kier molecular flexibility index (Phi) is 4.61. The molecule has 1 aromatic heterocycles. The molecule has 7 heteroatoms. The van der Waals surface area contributed by atoms with Gasteiger partial charge in [-0.25, -0.2) is 0 Å². The minimum atomic E-state index is 0.337. The van der Waals surface area contributed by atoms with E-state index >= 15 is 0 Å². The van der Waals surface area contributed by atoms with Crippen LogP contribution in [0.2, 0.25) is 5.02 Å². The minimum absolute atomic E-state index is 0.337. The molecular weight excluding hydrogens is 352 g/mol. The number of nitrogens with zero attached hydrogens (tertiary/aromatic N) is 3. The van der Waals surface area contributed by atoms with Crippen LogP contribution in [0.1, 0.15) is 11.3 Å². The number of halogens is 1. The Morgan fingerprint density at radius 2 is 2.08 bits per heavy atom. The number of hydrogen-bond donors (Lipinski definition) is 1. The normalized spacial score (nSPS) is 17.1. The monoisotopic (exact) mass is 372 g/mol. The quantitative estimate of drug-likeness (QED) is 0.869. The zero-order valence-electron chi connectivity index (χ0n) is 14.8. The van der Waals surface area contributed by atoms with Crippen molar-refractivity contribution in [3.05, 3.63) is 64.8 Å². The van der Waals surface area contributed by atoms with Crippen LogP contribution in [0.3, 0.4) is 0 Å². The highest BCUT2D eigenvalue weighted by atomic mass is 35.5. The molecule has 0 spiro atoms. The Morgan fingerprint density at radius 1 is 1.31 bits per heavy atom. The van der Waals surface area contributed by atoms with E-state index in [0.717, 1.165) is 41.4 Å². The number of hydrazine groups is 1. The fourth-order valence-corrected chi connectivity index (χ4v) is 3.21. The van der Waals surface area contributed by atoms with E-state index in [4.69, 9.17) is 20.9 Å². The van der Waals surface area contributed by atoms with Gasteiger partial charge in [0.1, 0.15) is 11.5 Å². The molecule has 1 saturated heterocycles. The number of rotatable bonds is 5. The maximum Gasteiger partial charge on any atom is 0.139 e. The second kappa shape index (κ2) is 7.05. The highest BCUT2D eigenvalue weighted by Crippen LogP contribution is 2.28. The van der Waals surface area contributed by atoms with E-state index < -0.39 is 0 Å². The SMILES string of the molecule is COC1CN(C2=CNN(Cc3c(-c4ccc(Cl)cc4)noc3C)C=C2)C1. The molecule has 1 fully saturated rings. The van der Waals surface area contributed by atoms with E-state index in [1.54, 1.807) is 7.11 Å². The third kappa shape index (κ3) is 3.30. The van der Waals surface area contributed by atoms with E-state index in [1.807, 2.05) is 48.6 Å². The van der Waals surface area contributed by atoms with Gasteiger partial charge in [-0.15, -0.1) is 0 Å². The first-order valence-electron chi connectivity index (χ1n) is 8.54. The van der Waals surface area contributed by atoms with Gasteiger partial charge in [0.2, 0.25) is 0 Å². The second-order valence-electron chi connectivity index (χ2n) is 6.48. The number of allylic oxidation sites excluding steroid dienone is 1. The summed E-state index contributed by atoms with van der Waals surface area (Å²) in [6.07, 6.45) is 6.49. The molecule has 0 aliphatic carbocycles. The lowest BCUT2D eigenvalue weighted by atomic mass is 10.1. The van der Waals surface area contributed by atoms with Crippen LogP contribution in [0.4, 0.5) is 0 Å². The van der Waals surface area contributed by atoms with Gasteiger partial charge in [0.15, 0.2) is 0 Å². The smallest absolute Gasteiger partial charge is 0.139 e. The van der Waals surface area contributed by atoms with Gasteiger partial charge >= 0.3 is 0 Å². The molecule has 0 atom stereocenters. The molecule has 26 heavy (non-hydrogen) atoms. The lowest BCUT2D eigenvalue weighted by molar-refractivity contribution is -0.0104. The first kappa shape index (κ1) is 17.0. The summed E-state index contributed by atoms with van der Waals surface area (Å²) in [6.45, 7) is 4.44. The van der Waals surface area contributed by atoms with Crippen LogP contribution in [0.5, 0.6) is 0 Å². The zero-order valence-corrected chi connectivity index (χ0v) is 15.5. The summed E-state index contributed by atoms with van der Waals surface area (Å²) in [4.78, 5) is 2.28. The predicted octanol–water partition coefficient (Wildman–Crippen LogP) is 3.31. The Balaban J connectivity index is 1.44. The molecule has 0 bridgehead atoms. The van der Waals surface area contributed by atoms with E-state index in [0.29, 0.717) is 17.7 Å². The number of aryl methyl sites for hydroxylation is 1. The van der Waals surface area contributed by atoms with Gasteiger partial charge in [0, 0.05) is 48.7 Å².